The monoisotopic (exact) mass is 224 g/mol. The van der Waals surface area contributed by atoms with E-state index in [1.54, 1.807) is 0 Å². The van der Waals surface area contributed by atoms with E-state index in [0.717, 1.165) is 25.7 Å². The fourth-order valence-corrected chi connectivity index (χ4v) is 1.50. The van der Waals surface area contributed by atoms with Gasteiger partial charge in [-0.25, -0.2) is 0 Å². The maximum atomic E-state index is 4.41. The molecule has 0 amide bonds. The van der Waals surface area contributed by atoms with Crippen LogP contribution < -0.4 is 0 Å². The molecular formula is C14H28N2. The molecule has 0 unspecified atom stereocenters. The summed E-state index contributed by atoms with van der Waals surface area (Å²) in [5.41, 5.74) is 2.51. The smallest absolute Gasteiger partial charge is 0.0403 e. The zero-order valence-corrected chi connectivity index (χ0v) is 11.6. The SMILES string of the molecule is CCCC/C(CC)=N/N=C(\CC)CCCC. The van der Waals surface area contributed by atoms with Gasteiger partial charge in [0, 0.05) is 11.4 Å². The molecule has 0 aromatic heterocycles. The molecule has 0 aliphatic rings. The minimum absolute atomic E-state index is 1.04. The van der Waals surface area contributed by atoms with Gasteiger partial charge in [-0.1, -0.05) is 40.5 Å². The molecule has 0 aliphatic heterocycles. The minimum atomic E-state index is 1.04. The summed E-state index contributed by atoms with van der Waals surface area (Å²) < 4.78 is 0. The Morgan fingerprint density at radius 3 is 1.31 bits per heavy atom. The predicted octanol–water partition coefficient (Wildman–Crippen LogP) is 4.98. The van der Waals surface area contributed by atoms with E-state index in [2.05, 4.69) is 37.9 Å². The zero-order chi connectivity index (χ0) is 12.2. The molecule has 2 nitrogen and oxygen atoms in total. The van der Waals surface area contributed by atoms with Crippen LogP contribution in [0.3, 0.4) is 0 Å². The third kappa shape index (κ3) is 7.61. The van der Waals surface area contributed by atoms with Gasteiger partial charge in [-0.15, -0.1) is 0 Å². The van der Waals surface area contributed by atoms with Crippen molar-refractivity contribution in [1.29, 1.82) is 0 Å². The summed E-state index contributed by atoms with van der Waals surface area (Å²) in [6.45, 7) is 8.77. The second-order valence-electron chi connectivity index (χ2n) is 4.25. The molecule has 0 spiro atoms. The van der Waals surface area contributed by atoms with Crippen molar-refractivity contribution in [2.24, 2.45) is 10.2 Å². The van der Waals surface area contributed by atoms with Gasteiger partial charge >= 0.3 is 0 Å². The highest BCUT2D eigenvalue weighted by atomic mass is 15.2. The normalized spacial score (nSPS) is 13.2. The summed E-state index contributed by atoms with van der Waals surface area (Å²) in [7, 11) is 0. The second-order valence-corrected chi connectivity index (χ2v) is 4.25. The van der Waals surface area contributed by atoms with Gasteiger partial charge in [0.1, 0.15) is 0 Å². The molecule has 0 fully saturated rings. The average molecular weight is 224 g/mol. The van der Waals surface area contributed by atoms with Crippen LogP contribution >= 0.6 is 0 Å². The number of hydrogen-bond acceptors (Lipinski definition) is 2. The molecule has 2 heteroatoms. The Morgan fingerprint density at radius 1 is 0.688 bits per heavy atom. The first-order valence-corrected chi connectivity index (χ1v) is 6.89. The highest BCUT2D eigenvalue weighted by molar-refractivity contribution is 5.87. The molecule has 0 rings (SSSR count). The molecule has 0 atom stereocenters. The molecule has 0 radical (unpaired) electrons. The van der Waals surface area contributed by atoms with Crippen LogP contribution in [0.2, 0.25) is 0 Å². The predicted molar refractivity (Wildman–Crippen MR) is 74.5 cm³/mol. The number of unbranched alkanes of at least 4 members (excludes halogenated alkanes) is 2. The van der Waals surface area contributed by atoms with Crippen molar-refractivity contribution < 1.29 is 0 Å². The first-order valence-electron chi connectivity index (χ1n) is 6.89. The van der Waals surface area contributed by atoms with Crippen molar-refractivity contribution in [2.75, 3.05) is 0 Å². The van der Waals surface area contributed by atoms with Crippen LogP contribution in [0.4, 0.5) is 0 Å². The second kappa shape index (κ2) is 10.8. The highest BCUT2D eigenvalue weighted by Gasteiger charge is 1.97. The molecule has 0 saturated heterocycles. The minimum Gasteiger partial charge on any atom is -0.160 e. The molecule has 0 saturated carbocycles. The van der Waals surface area contributed by atoms with E-state index < -0.39 is 0 Å². The van der Waals surface area contributed by atoms with Gasteiger partial charge in [0.05, 0.1) is 0 Å². The maximum Gasteiger partial charge on any atom is 0.0403 e. The Labute approximate surface area is 101 Å². The van der Waals surface area contributed by atoms with E-state index in [9.17, 15) is 0 Å². The van der Waals surface area contributed by atoms with Crippen molar-refractivity contribution in [1.82, 2.24) is 0 Å². The maximum absolute atomic E-state index is 4.41. The number of rotatable bonds is 9. The molecule has 0 bridgehead atoms. The summed E-state index contributed by atoms with van der Waals surface area (Å²) in [5, 5.41) is 8.82. The lowest BCUT2D eigenvalue weighted by molar-refractivity contribution is 0.814. The molecule has 94 valence electrons. The summed E-state index contributed by atoms with van der Waals surface area (Å²) in [4.78, 5) is 0. The third-order valence-corrected chi connectivity index (χ3v) is 2.79. The molecular weight excluding hydrogens is 196 g/mol. The van der Waals surface area contributed by atoms with Crippen molar-refractivity contribution >= 4 is 11.4 Å². The van der Waals surface area contributed by atoms with Crippen LogP contribution in [0.1, 0.15) is 79.1 Å². The Balaban J connectivity index is 4.25. The first kappa shape index (κ1) is 15.3. The van der Waals surface area contributed by atoms with Gasteiger partial charge in [0.2, 0.25) is 0 Å². The van der Waals surface area contributed by atoms with E-state index in [1.807, 2.05) is 0 Å². The van der Waals surface area contributed by atoms with E-state index in [0.29, 0.717) is 0 Å². The summed E-state index contributed by atoms with van der Waals surface area (Å²) >= 11 is 0. The number of hydrogen-bond donors (Lipinski definition) is 0. The molecule has 16 heavy (non-hydrogen) atoms. The van der Waals surface area contributed by atoms with E-state index >= 15 is 0 Å². The lowest BCUT2D eigenvalue weighted by atomic mass is 10.1. The fraction of sp³-hybridized carbons (Fsp3) is 0.857. The van der Waals surface area contributed by atoms with Crippen LogP contribution in [0, 0.1) is 0 Å². The van der Waals surface area contributed by atoms with Gasteiger partial charge in [0.15, 0.2) is 0 Å². The molecule has 0 N–H and O–H groups in total. The van der Waals surface area contributed by atoms with Crippen LogP contribution in [0.15, 0.2) is 10.2 Å². The summed E-state index contributed by atoms with van der Waals surface area (Å²) in [6.07, 6.45) is 9.24. The lowest BCUT2D eigenvalue weighted by Gasteiger charge is -2.02. The molecule has 0 aliphatic carbocycles. The quantitative estimate of drug-likeness (QED) is 0.389. The van der Waals surface area contributed by atoms with Crippen LogP contribution in [0.25, 0.3) is 0 Å². The zero-order valence-electron chi connectivity index (χ0n) is 11.6. The van der Waals surface area contributed by atoms with Gasteiger partial charge in [-0.3, -0.25) is 0 Å². The Hall–Kier alpha value is -0.660. The van der Waals surface area contributed by atoms with Crippen molar-refractivity contribution in [3.8, 4) is 0 Å². The van der Waals surface area contributed by atoms with Gasteiger partial charge < -0.3 is 0 Å². The fourth-order valence-electron chi connectivity index (χ4n) is 1.50. The number of nitrogens with zero attached hydrogens (tertiary/aromatic N) is 2. The van der Waals surface area contributed by atoms with E-state index in [-0.39, 0.29) is 0 Å². The lowest BCUT2D eigenvalue weighted by Crippen LogP contribution is -1.98. The standard InChI is InChI=1S/C14H28N2/c1-5-9-11-13(7-3)15-16-14(8-4)12-10-6-2/h5-12H2,1-4H3/b15-13+,16-14+. The summed E-state index contributed by atoms with van der Waals surface area (Å²) in [6, 6.07) is 0. The topological polar surface area (TPSA) is 24.7 Å². The van der Waals surface area contributed by atoms with Crippen LogP contribution in [-0.4, -0.2) is 11.4 Å². The van der Waals surface area contributed by atoms with Crippen LogP contribution in [0.5, 0.6) is 0 Å². The van der Waals surface area contributed by atoms with Crippen molar-refractivity contribution in [3.05, 3.63) is 0 Å². The average Bonchev–Trinajstić information content (AvgIpc) is 2.33. The molecule has 0 heterocycles. The molecule has 0 aromatic rings. The Bertz CT molecular complexity index is 193. The van der Waals surface area contributed by atoms with Crippen molar-refractivity contribution in [3.63, 3.8) is 0 Å². The largest absolute Gasteiger partial charge is 0.160 e. The van der Waals surface area contributed by atoms with Crippen molar-refractivity contribution in [2.45, 2.75) is 79.1 Å². The van der Waals surface area contributed by atoms with E-state index in [4.69, 9.17) is 0 Å². The highest BCUT2D eigenvalue weighted by Crippen LogP contribution is 2.04. The van der Waals surface area contributed by atoms with Gasteiger partial charge in [0.25, 0.3) is 0 Å². The van der Waals surface area contributed by atoms with E-state index in [1.165, 1.54) is 37.1 Å². The third-order valence-electron chi connectivity index (χ3n) is 2.79. The molecule has 0 aromatic carbocycles. The van der Waals surface area contributed by atoms with Gasteiger partial charge in [-0.2, -0.15) is 10.2 Å². The van der Waals surface area contributed by atoms with Gasteiger partial charge in [-0.05, 0) is 38.5 Å². The first-order chi connectivity index (χ1) is 7.78. The Morgan fingerprint density at radius 2 is 1.06 bits per heavy atom. The Kier molecular flexibility index (Phi) is 10.4. The summed E-state index contributed by atoms with van der Waals surface area (Å²) in [5.74, 6) is 0. The van der Waals surface area contributed by atoms with Crippen LogP contribution in [-0.2, 0) is 0 Å².